The zero-order valence-electron chi connectivity index (χ0n) is 56.4. The number of carbonyl (C=O) groups excluding carboxylic acids is 6. The van der Waals surface area contributed by atoms with E-state index in [0.29, 0.717) is 0 Å². The van der Waals surface area contributed by atoms with Gasteiger partial charge in [-0.25, -0.2) is 50.5 Å². The minimum Gasteiger partial charge on any atom is -0.433 e. The maximum absolute atomic E-state index is 16.2. The summed E-state index contributed by atoms with van der Waals surface area (Å²) in [6.07, 6.45) is 7.77. The molecule has 48 heteroatoms. The first-order valence-corrected chi connectivity index (χ1v) is 45.3. The molecule has 0 atom stereocenters. The molecule has 6 amide bonds. The van der Waals surface area contributed by atoms with Crippen LogP contribution in [0.2, 0.25) is 0 Å². The van der Waals surface area contributed by atoms with Crippen molar-refractivity contribution in [3.05, 3.63) is 277 Å². The standard InChI is InChI=1S/C66H48N18O18S12/c85-55(73-37-1-13-43(14-2-37)109(91,92)79-61-67-25-31-103-61)49-50(56(86)74-38-3-15-44(16-4-38)110(93,94)80-62-68-26-32-104-62)52(58(88)76-40-7-19-46(20-8-40)112(97,98)82-64-70-28-34-106-64)54(60(90)78-42-11-23-48(24-12-42)114(101,102)84-66-72-30-36-108-66)53(59(89)77-41-9-21-47(22-10-41)113(99,100)83-65-71-29-35-107-65)51(49)57(87)75-39-5-17-45(18-6-39)111(95,96)81-63-69-27-33-105-63/h1-36H,(H12,67,68,69,70,71,72,73,74,75,76,77,78,79,80,81,82,83,84,85,86,87,88,89,90)/p-6. The zero-order chi connectivity index (χ0) is 80.7. The molecule has 0 aliphatic rings. The van der Waals surface area contributed by atoms with E-state index in [9.17, 15) is 50.5 Å². The Labute approximate surface area is 670 Å². The Morgan fingerprint density at radius 2 is 0.333 bits per heavy atom. The van der Waals surface area contributed by atoms with Crippen LogP contribution in [0.4, 0.5) is 64.9 Å². The molecule has 6 heterocycles. The van der Waals surface area contributed by atoms with Crippen LogP contribution in [0.1, 0.15) is 62.1 Å². The third kappa shape index (κ3) is 18.7. The van der Waals surface area contributed by atoms with Gasteiger partial charge in [-0.15, -0.1) is 0 Å². The SMILES string of the molecule is O=C(Nc1ccc(S(=O)(=O)[N-]c2nccs2)cc1)c1c(C(=O)Nc2ccc(S(=O)(=O)[N-]c3nccs3)cc2)c(C(=O)Nc2ccc(S(=O)(=O)[N-]c3nccs3)cc2)c(C(=O)Nc2ccc(S(=O)(=O)[N-]c3nccs3)cc2)c(C(=O)Nc2ccc(S(=O)(=O)[N-]c3nccs3)cc2)c1C(=O)Nc1ccc(S(=O)(=O)[N-]c2nccs2)cc1. The first-order chi connectivity index (χ1) is 54.4. The lowest BCUT2D eigenvalue weighted by Crippen LogP contribution is -2.36. The first kappa shape index (κ1) is 79.7. The van der Waals surface area contributed by atoms with E-state index in [4.69, 9.17) is 0 Å². The second-order valence-electron chi connectivity index (χ2n) is 22.4. The van der Waals surface area contributed by atoms with Crippen molar-refractivity contribution < 1.29 is 79.3 Å². The number of carbonyl (C=O) groups is 6. The summed E-state index contributed by atoms with van der Waals surface area (Å²) in [5, 5.41) is 22.4. The molecule has 114 heavy (non-hydrogen) atoms. The normalized spacial score (nSPS) is 11.8. The molecule has 6 N–H and O–H groups in total. The molecule has 0 spiro atoms. The number of sulfonamides is 6. The number of amides is 6. The molecule has 13 rings (SSSR count). The van der Waals surface area contributed by atoms with E-state index < -0.39 is 158 Å². The van der Waals surface area contributed by atoms with Crippen LogP contribution in [-0.4, -0.2) is 116 Å². The highest BCUT2D eigenvalue weighted by molar-refractivity contribution is 7.96. The lowest BCUT2D eigenvalue weighted by molar-refractivity contribution is 0.0949. The molecule has 0 radical (unpaired) electrons. The molecule has 6 aromatic heterocycles. The van der Waals surface area contributed by atoms with Crippen molar-refractivity contribution >= 4 is 229 Å². The van der Waals surface area contributed by atoms with Gasteiger partial charge in [-0.1, -0.05) is 37.2 Å². The second kappa shape index (κ2) is 33.1. The van der Waals surface area contributed by atoms with Crippen LogP contribution < -0.4 is 31.9 Å². The van der Waals surface area contributed by atoms with Crippen LogP contribution in [0, 0.1) is 0 Å². The van der Waals surface area contributed by atoms with Gasteiger partial charge in [0.15, 0.2) is 0 Å². The molecule has 0 aliphatic carbocycles. The summed E-state index contributed by atoms with van der Waals surface area (Å²) in [6.45, 7) is 0. The predicted octanol–water partition coefficient (Wildman–Crippen LogP) is 14.3. The van der Waals surface area contributed by atoms with Crippen molar-refractivity contribution in [1.82, 2.24) is 29.9 Å². The van der Waals surface area contributed by atoms with Gasteiger partial charge < -0.3 is 90.1 Å². The molecule has 0 fully saturated rings. The lowest BCUT2D eigenvalue weighted by atomic mass is 9.83. The Bertz CT molecular complexity index is 5470. The largest absolute Gasteiger partial charge is 0.433 e. The fourth-order valence-corrected chi connectivity index (χ4v) is 20.1. The van der Waals surface area contributed by atoms with Crippen LogP contribution in [0.5, 0.6) is 0 Å². The summed E-state index contributed by atoms with van der Waals surface area (Å²) in [7, 11) is -27.4. The number of hydrogen-bond donors (Lipinski definition) is 6. The van der Waals surface area contributed by atoms with E-state index in [1.165, 1.54) is 69.5 Å². The van der Waals surface area contributed by atoms with Crippen LogP contribution in [-0.2, 0) is 60.1 Å². The summed E-state index contributed by atoms with van der Waals surface area (Å²) in [6, 6.07) is 23.9. The molecule has 582 valence electrons. The summed E-state index contributed by atoms with van der Waals surface area (Å²) in [4.78, 5) is 118. The van der Waals surface area contributed by atoms with Gasteiger partial charge in [0, 0.05) is 64.9 Å². The van der Waals surface area contributed by atoms with Crippen LogP contribution in [0.15, 0.2) is 244 Å². The Morgan fingerprint density at radius 1 is 0.211 bits per heavy atom. The molecule has 36 nitrogen and oxygen atoms in total. The molecule has 7 aromatic carbocycles. The molecular weight excluding hydrogens is 1720 g/mol. The Kier molecular flexibility index (Phi) is 23.2. The van der Waals surface area contributed by atoms with E-state index >= 15 is 28.8 Å². The van der Waals surface area contributed by atoms with Crippen molar-refractivity contribution in [3.63, 3.8) is 0 Å². The minimum atomic E-state index is -4.56. The van der Waals surface area contributed by atoms with Gasteiger partial charge in [0.25, 0.3) is 35.4 Å². The molecule has 0 unspecified atom stereocenters. The van der Waals surface area contributed by atoms with Crippen molar-refractivity contribution in [2.24, 2.45) is 0 Å². The lowest BCUT2D eigenvalue weighted by Gasteiger charge is -2.25. The molecule has 0 saturated carbocycles. The maximum Gasteiger partial charge on any atom is 0.257 e. The predicted molar refractivity (Wildman–Crippen MR) is 427 cm³/mol. The number of rotatable bonds is 30. The van der Waals surface area contributed by atoms with Crippen molar-refractivity contribution in [1.29, 1.82) is 0 Å². The second-order valence-corrected chi connectivity index (χ2v) is 37.3. The maximum atomic E-state index is 16.2. The molecule has 0 bridgehead atoms. The average Bonchev–Trinajstić information content (AvgIpc) is 0.997. The van der Waals surface area contributed by atoms with Gasteiger partial charge >= 0.3 is 0 Å². The number of aromatic nitrogens is 6. The van der Waals surface area contributed by atoms with E-state index in [1.807, 2.05) is 0 Å². The van der Waals surface area contributed by atoms with E-state index in [-0.39, 0.29) is 64.9 Å². The van der Waals surface area contributed by atoms with E-state index in [1.54, 1.807) is 0 Å². The van der Waals surface area contributed by atoms with E-state index in [0.717, 1.165) is 214 Å². The number of nitrogens with one attached hydrogen (secondary N) is 6. The van der Waals surface area contributed by atoms with Gasteiger partial charge in [0.05, 0.1) is 62.8 Å². The van der Waals surface area contributed by atoms with Gasteiger partial charge in [0.2, 0.25) is 60.1 Å². The van der Waals surface area contributed by atoms with Crippen molar-refractivity contribution in [2.75, 3.05) is 31.9 Å². The Balaban J connectivity index is 1.05. The summed E-state index contributed by atoms with van der Waals surface area (Å²) in [5.74, 6) is -9.94. The fraction of sp³-hybridized carbons (Fsp3) is 0. The monoisotopic (exact) mass is 1760 g/mol. The Morgan fingerprint density at radius 3 is 0.439 bits per heavy atom. The first-order valence-electron chi connectivity index (χ1n) is 31.3. The van der Waals surface area contributed by atoms with Gasteiger partial charge in [-0.3, -0.25) is 28.8 Å². The smallest absolute Gasteiger partial charge is 0.257 e. The number of hydrogen-bond acceptors (Lipinski definition) is 30. The molecule has 0 aliphatic heterocycles. The highest BCUT2D eigenvalue weighted by Crippen LogP contribution is 2.40. The minimum absolute atomic E-state index is 0.165. The van der Waals surface area contributed by atoms with Crippen molar-refractivity contribution in [2.45, 2.75) is 29.4 Å². The molecule has 13 aromatic rings. The third-order valence-corrected chi connectivity index (χ3v) is 27.4. The fourth-order valence-electron chi connectivity index (χ4n) is 10.0. The number of anilines is 6. The number of thiazole rings is 6. The summed E-state index contributed by atoms with van der Waals surface area (Å²) in [5.41, 5.74) is -10.2. The Hall–Kier alpha value is -12.4. The van der Waals surface area contributed by atoms with Gasteiger partial charge in [-0.2, -0.15) is 68.0 Å². The highest BCUT2D eigenvalue weighted by Gasteiger charge is 2.41. The molecular formula is C66H42N18O18S12-6. The summed E-state index contributed by atoms with van der Waals surface area (Å²) >= 11 is 5.28. The van der Waals surface area contributed by atoms with Crippen LogP contribution in [0.25, 0.3) is 28.3 Å². The third-order valence-electron chi connectivity index (χ3n) is 15.0. The van der Waals surface area contributed by atoms with Gasteiger partial charge in [0.1, 0.15) is 0 Å². The van der Waals surface area contributed by atoms with Crippen molar-refractivity contribution in [3.8, 4) is 0 Å². The topological polar surface area (TPSA) is 541 Å². The molecule has 0 saturated heterocycles. The average molecular weight is 1760 g/mol. The number of benzene rings is 7. The highest BCUT2D eigenvalue weighted by atomic mass is 32.2. The van der Waals surface area contributed by atoms with E-state index in [2.05, 4.69) is 90.1 Å². The number of nitrogens with zero attached hydrogens (tertiary/aromatic N) is 12. The van der Waals surface area contributed by atoms with Crippen LogP contribution >= 0.6 is 68.0 Å². The quantitative estimate of drug-likeness (QED) is 0.0243. The summed E-state index contributed by atoms with van der Waals surface area (Å²) < 4.78 is 186. The van der Waals surface area contributed by atoms with Crippen LogP contribution in [0.3, 0.4) is 0 Å². The zero-order valence-corrected chi connectivity index (χ0v) is 66.2. The van der Waals surface area contributed by atoms with Gasteiger partial charge in [-0.05, 0) is 178 Å².